The SMILES string of the molecule is CCCCN(CCCC)c1ccc2c(c1)-c1cc(C)c(Nc3ccccc3)cc1C2. The molecule has 0 heterocycles. The number of fused-ring (bicyclic) bond motifs is 3. The van der Waals surface area contributed by atoms with Gasteiger partial charge in [0.1, 0.15) is 0 Å². The number of para-hydroxylation sites is 1. The topological polar surface area (TPSA) is 15.3 Å². The van der Waals surface area contributed by atoms with Crippen LogP contribution in [0.2, 0.25) is 0 Å². The van der Waals surface area contributed by atoms with Crippen LogP contribution in [0.4, 0.5) is 17.1 Å². The third kappa shape index (κ3) is 4.38. The lowest BCUT2D eigenvalue weighted by atomic mass is 10.0. The monoisotopic (exact) mass is 398 g/mol. The molecule has 0 unspecified atom stereocenters. The molecule has 0 amide bonds. The normalized spacial score (nSPS) is 11.8. The molecular weight excluding hydrogens is 364 g/mol. The summed E-state index contributed by atoms with van der Waals surface area (Å²) < 4.78 is 0. The second kappa shape index (κ2) is 9.38. The number of hydrogen-bond acceptors (Lipinski definition) is 2. The van der Waals surface area contributed by atoms with E-state index in [1.807, 2.05) is 0 Å². The Hall–Kier alpha value is -2.74. The van der Waals surface area contributed by atoms with Gasteiger partial charge < -0.3 is 10.2 Å². The van der Waals surface area contributed by atoms with Gasteiger partial charge in [0.15, 0.2) is 0 Å². The number of nitrogens with one attached hydrogen (secondary N) is 1. The third-order valence-corrected chi connectivity index (χ3v) is 6.20. The van der Waals surface area contributed by atoms with Crippen molar-refractivity contribution in [3.63, 3.8) is 0 Å². The molecule has 4 rings (SSSR count). The second-order valence-electron chi connectivity index (χ2n) is 8.53. The molecule has 0 saturated carbocycles. The molecule has 1 aliphatic rings. The predicted octanol–water partition coefficient (Wildman–Crippen LogP) is 7.72. The van der Waals surface area contributed by atoms with E-state index in [1.165, 1.54) is 64.9 Å². The molecule has 2 heteroatoms. The fourth-order valence-corrected chi connectivity index (χ4v) is 4.40. The van der Waals surface area contributed by atoms with Crippen molar-refractivity contribution in [3.05, 3.63) is 77.4 Å². The summed E-state index contributed by atoms with van der Waals surface area (Å²) in [5.41, 5.74) is 10.7. The quantitative estimate of drug-likeness (QED) is 0.310. The van der Waals surface area contributed by atoms with E-state index in [-0.39, 0.29) is 0 Å². The van der Waals surface area contributed by atoms with E-state index >= 15 is 0 Å². The Balaban J connectivity index is 1.62. The van der Waals surface area contributed by atoms with E-state index < -0.39 is 0 Å². The first-order chi connectivity index (χ1) is 14.7. The van der Waals surface area contributed by atoms with Gasteiger partial charge in [-0.25, -0.2) is 0 Å². The molecule has 0 saturated heterocycles. The van der Waals surface area contributed by atoms with E-state index in [0.717, 1.165) is 25.2 Å². The van der Waals surface area contributed by atoms with Crippen LogP contribution in [0.15, 0.2) is 60.7 Å². The van der Waals surface area contributed by atoms with E-state index in [4.69, 9.17) is 0 Å². The van der Waals surface area contributed by atoms with Gasteiger partial charge in [-0.1, -0.05) is 51.0 Å². The number of rotatable bonds is 9. The first-order valence-electron chi connectivity index (χ1n) is 11.5. The molecule has 3 aromatic carbocycles. The van der Waals surface area contributed by atoms with Crippen molar-refractivity contribution in [1.82, 2.24) is 0 Å². The van der Waals surface area contributed by atoms with E-state index in [1.54, 1.807) is 0 Å². The average molecular weight is 399 g/mol. The molecule has 1 aliphatic carbocycles. The fourth-order valence-electron chi connectivity index (χ4n) is 4.40. The maximum absolute atomic E-state index is 3.60. The summed E-state index contributed by atoms with van der Waals surface area (Å²) in [4.78, 5) is 2.59. The first kappa shape index (κ1) is 20.5. The molecule has 0 bridgehead atoms. The van der Waals surface area contributed by atoms with E-state index in [0.29, 0.717) is 0 Å². The van der Waals surface area contributed by atoms with Crippen LogP contribution in [0.5, 0.6) is 0 Å². The summed E-state index contributed by atoms with van der Waals surface area (Å²) in [6.45, 7) is 9.08. The molecule has 0 aliphatic heterocycles. The van der Waals surface area contributed by atoms with Gasteiger partial charge in [-0.3, -0.25) is 0 Å². The summed E-state index contributed by atoms with van der Waals surface area (Å²) in [7, 11) is 0. The van der Waals surface area contributed by atoms with Crippen molar-refractivity contribution >= 4 is 17.1 Å². The number of aryl methyl sites for hydroxylation is 1. The van der Waals surface area contributed by atoms with Crippen molar-refractivity contribution in [2.24, 2.45) is 0 Å². The van der Waals surface area contributed by atoms with Crippen molar-refractivity contribution in [2.75, 3.05) is 23.3 Å². The highest BCUT2D eigenvalue weighted by atomic mass is 15.1. The number of benzene rings is 3. The van der Waals surface area contributed by atoms with Crippen LogP contribution >= 0.6 is 0 Å². The Morgan fingerprint density at radius 3 is 2.20 bits per heavy atom. The van der Waals surface area contributed by atoms with Crippen LogP contribution < -0.4 is 10.2 Å². The van der Waals surface area contributed by atoms with Gasteiger partial charge in [-0.2, -0.15) is 0 Å². The van der Waals surface area contributed by atoms with Crippen molar-refractivity contribution < 1.29 is 0 Å². The van der Waals surface area contributed by atoms with Gasteiger partial charge in [0.05, 0.1) is 0 Å². The van der Waals surface area contributed by atoms with Crippen LogP contribution in [0, 0.1) is 6.92 Å². The lowest BCUT2D eigenvalue weighted by molar-refractivity contribution is 0.678. The Kier molecular flexibility index (Phi) is 6.42. The standard InChI is InChI=1S/C28H34N2/c1-4-6-15-30(16-7-5-2)25-14-13-22-18-23-19-28(29-24-11-9-8-10-12-24)21(3)17-26(23)27(22)20-25/h8-14,17,19-20,29H,4-7,15-16,18H2,1-3H3. The van der Waals surface area contributed by atoms with Crippen molar-refractivity contribution in [2.45, 2.75) is 52.9 Å². The van der Waals surface area contributed by atoms with Crippen LogP contribution in [-0.4, -0.2) is 13.1 Å². The minimum atomic E-state index is 1.03. The zero-order chi connectivity index (χ0) is 20.9. The maximum atomic E-state index is 3.60. The minimum Gasteiger partial charge on any atom is -0.372 e. The molecule has 0 spiro atoms. The highest BCUT2D eigenvalue weighted by Crippen LogP contribution is 2.41. The maximum Gasteiger partial charge on any atom is 0.0417 e. The molecule has 1 N–H and O–H groups in total. The summed E-state index contributed by atoms with van der Waals surface area (Å²) in [5, 5.41) is 3.60. The Labute approximate surface area is 181 Å². The van der Waals surface area contributed by atoms with Gasteiger partial charge in [-0.05, 0) is 90.4 Å². The number of hydrogen-bond donors (Lipinski definition) is 1. The van der Waals surface area contributed by atoms with Crippen molar-refractivity contribution in [1.29, 1.82) is 0 Å². The Morgan fingerprint density at radius 2 is 1.50 bits per heavy atom. The fraction of sp³-hybridized carbons (Fsp3) is 0.357. The summed E-state index contributed by atoms with van der Waals surface area (Å²) in [6, 6.07) is 22.3. The number of nitrogens with zero attached hydrogens (tertiary/aromatic N) is 1. The Morgan fingerprint density at radius 1 is 0.800 bits per heavy atom. The lowest BCUT2D eigenvalue weighted by Crippen LogP contribution is -2.25. The van der Waals surface area contributed by atoms with Crippen LogP contribution in [0.25, 0.3) is 11.1 Å². The number of anilines is 3. The van der Waals surface area contributed by atoms with Gasteiger partial charge >= 0.3 is 0 Å². The zero-order valence-electron chi connectivity index (χ0n) is 18.7. The summed E-state index contributed by atoms with van der Waals surface area (Å²) in [5.74, 6) is 0. The highest BCUT2D eigenvalue weighted by Gasteiger charge is 2.21. The highest BCUT2D eigenvalue weighted by molar-refractivity contribution is 5.83. The van der Waals surface area contributed by atoms with E-state index in [2.05, 4.69) is 91.7 Å². The molecule has 0 aromatic heterocycles. The first-order valence-corrected chi connectivity index (χ1v) is 11.5. The molecule has 3 aromatic rings. The Bertz CT molecular complexity index is 983. The summed E-state index contributed by atoms with van der Waals surface area (Å²) >= 11 is 0. The van der Waals surface area contributed by atoms with Crippen LogP contribution in [0.1, 0.15) is 56.2 Å². The molecule has 2 nitrogen and oxygen atoms in total. The van der Waals surface area contributed by atoms with Gasteiger partial charge in [0, 0.05) is 30.2 Å². The van der Waals surface area contributed by atoms with E-state index in [9.17, 15) is 0 Å². The number of unbranched alkanes of at least 4 members (excludes halogenated alkanes) is 2. The smallest absolute Gasteiger partial charge is 0.0417 e. The van der Waals surface area contributed by atoms with Gasteiger partial charge in [0.25, 0.3) is 0 Å². The van der Waals surface area contributed by atoms with Gasteiger partial charge in [-0.15, -0.1) is 0 Å². The zero-order valence-corrected chi connectivity index (χ0v) is 18.7. The average Bonchev–Trinajstić information content (AvgIpc) is 3.11. The molecular formula is C28H34N2. The van der Waals surface area contributed by atoms with Gasteiger partial charge in [0.2, 0.25) is 0 Å². The largest absolute Gasteiger partial charge is 0.372 e. The van der Waals surface area contributed by atoms with Crippen molar-refractivity contribution in [3.8, 4) is 11.1 Å². The lowest BCUT2D eigenvalue weighted by Gasteiger charge is -2.25. The molecule has 0 atom stereocenters. The third-order valence-electron chi connectivity index (χ3n) is 6.20. The van der Waals surface area contributed by atoms with Crippen LogP contribution in [0.3, 0.4) is 0 Å². The molecule has 0 fully saturated rings. The second-order valence-corrected chi connectivity index (χ2v) is 8.53. The predicted molar refractivity (Wildman–Crippen MR) is 131 cm³/mol. The van der Waals surface area contributed by atoms with Crippen LogP contribution in [-0.2, 0) is 6.42 Å². The molecule has 0 radical (unpaired) electrons. The summed E-state index contributed by atoms with van der Waals surface area (Å²) in [6.07, 6.45) is 6.02. The molecule has 30 heavy (non-hydrogen) atoms. The molecule has 156 valence electrons. The minimum absolute atomic E-state index is 1.03.